The fourth-order valence-corrected chi connectivity index (χ4v) is 3.42. The SMILES string of the molecule is Cc1cccc(-c2nc3c([nH]2)-c2cnccc2Nc2ncccc2-3)c1C. The Morgan fingerprint density at radius 2 is 1.77 bits per heavy atom. The molecule has 4 heterocycles. The minimum atomic E-state index is 0.803. The zero-order valence-corrected chi connectivity index (χ0v) is 14.5. The number of H-pyrrole nitrogens is 1. The summed E-state index contributed by atoms with van der Waals surface area (Å²) in [6.45, 7) is 4.25. The number of aryl methyl sites for hydroxylation is 1. The second-order valence-corrected chi connectivity index (χ2v) is 6.50. The van der Waals surface area contributed by atoms with E-state index in [1.165, 1.54) is 11.1 Å². The molecule has 26 heavy (non-hydrogen) atoms. The van der Waals surface area contributed by atoms with Crippen molar-refractivity contribution in [2.75, 3.05) is 5.32 Å². The Kier molecular flexibility index (Phi) is 3.15. The van der Waals surface area contributed by atoms with Gasteiger partial charge in [0.25, 0.3) is 0 Å². The number of aromatic nitrogens is 4. The Morgan fingerprint density at radius 3 is 2.69 bits per heavy atom. The number of nitrogens with one attached hydrogen (secondary N) is 2. The molecule has 3 aromatic heterocycles. The summed E-state index contributed by atoms with van der Waals surface area (Å²) in [5.41, 5.74) is 8.38. The molecule has 0 amide bonds. The van der Waals surface area contributed by atoms with Crippen LogP contribution in [0.3, 0.4) is 0 Å². The van der Waals surface area contributed by atoms with Gasteiger partial charge in [-0.1, -0.05) is 18.2 Å². The number of anilines is 2. The van der Waals surface area contributed by atoms with Crippen LogP contribution in [-0.2, 0) is 0 Å². The Bertz CT molecular complexity index is 1080. The van der Waals surface area contributed by atoms with Gasteiger partial charge in [0.05, 0.1) is 11.4 Å². The predicted molar refractivity (Wildman–Crippen MR) is 103 cm³/mol. The maximum absolute atomic E-state index is 4.96. The van der Waals surface area contributed by atoms with Gasteiger partial charge >= 0.3 is 0 Å². The molecule has 1 aliphatic heterocycles. The van der Waals surface area contributed by atoms with Gasteiger partial charge in [-0.2, -0.15) is 0 Å². The van der Waals surface area contributed by atoms with E-state index in [9.17, 15) is 0 Å². The van der Waals surface area contributed by atoms with Crippen LogP contribution in [0.1, 0.15) is 11.1 Å². The monoisotopic (exact) mass is 339 g/mol. The number of nitrogens with zero attached hydrogens (tertiary/aromatic N) is 3. The first-order chi connectivity index (χ1) is 12.7. The Labute approximate surface area is 151 Å². The average Bonchev–Trinajstić information content (AvgIpc) is 3.04. The summed E-state index contributed by atoms with van der Waals surface area (Å²) >= 11 is 0. The predicted octanol–water partition coefficient (Wildman–Crippen LogP) is 4.87. The summed E-state index contributed by atoms with van der Waals surface area (Å²) in [6.07, 6.45) is 5.43. The highest BCUT2D eigenvalue weighted by Gasteiger charge is 2.24. The molecule has 5 nitrogen and oxygen atoms in total. The fraction of sp³-hybridized carbons (Fsp3) is 0.0952. The molecule has 5 heteroatoms. The van der Waals surface area contributed by atoms with E-state index in [0.717, 1.165) is 45.4 Å². The van der Waals surface area contributed by atoms with Gasteiger partial charge in [0.15, 0.2) is 0 Å². The van der Waals surface area contributed by atoms with E-state index < -0.39 is 0 Å². The maximum atomic E-state index is 4.96. The van der Waals surface area contributed by atoms with Crippen LogP contribution in [0.25, 0.3) is 33.9 Å². The minimum Gasteiger partial charge on any atom is -0.339 e. The van der Waals surface area contributed by atoms with Gasteiger partial charge in [0.1, 0.15) is 17.3 Å². The second-order valence-electron chi connectivity index (χ2n) is 6.50. The second kappa shape index (κ2) is 5.52. The van der Waals surface area contributed by atoms with E-state index in [2.05, 4.69) is 52.3 Å². The van der Waals surface area contributed by atoms with Crippen LogP contribution >= 0.6 is 0 Å². The quantitative estimate of drug-likeness (QED) is 0.457. The number of imidazole rings is 1. The van der Waals surface area contributed by atoms with Crippen LogP contribution in [-0.4, -0.2) is 19.9 Å². The molecular formula is C21H17N5. The topological polar surface area (TPSA) is 66.5 Å². The zero-order valence-electron chi connectivity index (χ0n) is 14.5. The van der Waals surface area contributed by atoms with E-state index >= 15 is 0 Å². The minimum absolute atomic E-state index is 0.803. The van der Waals surface area contributed by atoms with E-state index in [0.29, 0.717) is 0 Å². The van der Waals surface area contributed by atoms with Crippen molar-refractivity contribution in [2.45, 2.75) is 13.8 Å². The first-order valence-corrected chi connectivity index (χ1v) is 8.56. The summed E-state index contributed by atoms with van der Waals surface area (Å²) in [5.74, 6) is 1.67. The number of hydrogen-bond acceptors (Lipinski definition) is 4. The van der Waals surface area contributed by atoms with E-state index in [4.69, 9.17) is 4.98 Å². The molecule has 0 saturated heterocycles. The molecule has 0 aliphatic carbocycles. The molecule has 0 spiro atoms. The van der Waals surface area contributed by atoms with Crippen LogP contribution in [0.5, 0.6) is 0 Å². The molecule has 4 aromatic rings. The third kappa shape index (κ3) is 2.14. The van der Waals surface area contributed by atoms with Crippen LogP contribution in [0.4, 0.5) is 11.5 Å². The molecular weight excluding hydrogens is 322 g/mol. The fourth-order valence-electron chi connectivity index (χ4n) is 3.42. The van der Waals surface area contributed by atoms with Gasteiger partial charge in [-0.25, -0.2) is 9.97 Å². The molecule has 5 rings (SSSR count). The van der Waals surface area contributed by atoms with Gasteiger partial charge in [-0.3, -0.25) is 4.98 Å². The van der Waals surface area contributed by atoms with Crippen molar-refractivity contribution in [2.24, 2.45) is 0 Å². The third-order valence-electron chi connectivity index (χ3n) is 4.97. The highest BCUT2D eigenvalue weighted by Crippen LogP contribution is 2.42. The molecule has 1 aromatic carbocycles. The Morgan fingerprint density at radius 1 is 0.885 bits per heavy atom. The lowest BCUT2D eigenvalue weighted by Crippen LogP contribution is -1.95. The van der Waals surface area contributed by atoms with Crippen molar-refractivity contribution in [1.29, 1.82) is 0 Å². The summed E-state index contributed by atoms with van der Waals surface area (Å²) in [5, 5.41) is 3.40. The highest BCUT2D eigenvalue weighted by molar-refractivity contribution is 5.95. The number of benzene rings is 1. The van der Waals surface area contributed by atoms with Crippen molar-refractivity contribution in [1.82, 2.24) is 19.9 Å². The van der Waals surface area contributed by atoms with Crippen LogP contribution < -0.4 is 5.32 Å². The molecule has 1 aliphatic rings. The molecule has 0 atom stereocenters. The van der Waals surface area contributed by atoms with Gasteiger partial charge in [0.2, 0.25) is 0 Å². The highest BCUT2D eigenvalue weighted by atomic mass is 15.0. The van der Waals surface area contributed by atoms with E-state index in [-0.39, 0.29) is 0 Å². The molecule has 126 valence electrons. The summed E-state index contributed by atoms with van der Waals surface area (Å²) in [7, 11) is 0. The Balaban J connectivity index is 1.82. The van der Waals surface area contributed by atoms with Gasteiger partial charge in [0, 0.05) is 35.3 Å². The summed E-state index contributed by atoms with van der Waals surface area (Å²) in [4.78, 5) is 17.3. The molecule has 0 unspecified atom stereocenters. The van der Waals surface area contributed by atoms with E-state index in [1.807, 2.05) is 24.4 Å². The van der Waals surface area contributed by atoms with Crippen molar-refractivity contribution in [3.63, 3.8) is 0 Å². The number of hydrogen-bond donors (Lipinski definition) is 2. The number of fused-ring (bicyclic) bond motifs is 5. The van der Waals surface area contributed by atoms with Crippen molar-refractivity contribution < 1.29 is 0 Å². The van der Waals surface area contributed by atoms with Gasteiger partial charge in [-0.05, 0) is 43.2 Å². The summed E-state index contributed by atoms with van der Waals surface area (Å²) < 4.78 is 0. The molecule has 0 fully saturated rings. The first-order valence-electron chi connectivity index (χ1n) is 8.56. The lowest BCUT2D eigenvalue weighted by Gasteiger charge is -2.09. The van der Waals surface area contributed by atoms with Crippen LogP contribution in [0.2, 0.25) is 0 Å². The largest absolute Gasteiger partial charge is 0.339 e. The Hall–Kier alpha value is -3.47. The van der Waals surface area contributed by atoms with Gasteiger partial charge < -0.3 is 10.3 Å². The third-order valence-corrected chi connectivity index (χ3v) is 4.97. The molecule has 0 saturated carbocycles. The molecule has 0 radical (unpaired) electrons. The first kappa shape index (κ1) is 14.8. The van der Waals surface area contributed by atoms with Crippen LogP contribution in [0, 0.1) is 13.8 Å². The van der Waals surface area contributed by atoms with Crippen molar-refractivity contribution in [3.8, 4) is 33.9 Å². The average molecular weight is 339 g/mol. The van der Waals surface area contributed by atoms with E-state index in [1.54, 1.807) is 12.4 Å². The lowest BCUT2D eigenvalue weighted by atomic mass is 10.0. The normalized spacial score (nSPS) is 11.8. The molecule has 2 N–H and O–H groups in total. The number of pyridine rings is 2. The smallest absolute Gasteiger partial charge is 0.139 e. The van der Waals surface area contributed by atoms with Crippen molar-refractivity contribution >= 4 is 11.5 Å². The number of rotatable bonds is 1. The maximum Gasteiger partial charge on any atom is 0.139 e. The van der Waals surface area contributed by atoms with Crippen LogP contribution in [0.15, 0.2) is 55.0 Å². The summed E-state index contributed by atoms with van der Waals surface area (Å²) in [6, 6.07) is 12.2. The zero-order chi connectivity index (χ0) is 17.7. The van der Waals surface area contributed by atoms with Crippen molar-refractivity contribution in [3.05, 3.63) is 66.1 Å². The lowest BCUT2D eigenvalue weighted by molar-refractivity contribution is 1.24. The standard InChI is InChI=1S/C21H17N5/c1-12-5-3-6-14(13(12)2)21-25-18-15-7-4-9-23-20(15)24-17-8-10-22-11-16(17)19(18)26-21/h3-11H,1-2H3,(H,23,24)(H,25,26). The molecule has 0 bridgehead atoms. The van der Waals surface area contributed by atoms with Gasteiger partial charge in [-0.15, -0.1) is 0 Å². The number of aromatic amines is 1.